The van der Waals surface area contributed by atoms with Gasteiger partial charge in [0.25, 0.3) is 0 Å². The summed E-state index contributed by atoms with van der Waals surface area (Å²) in [5.74, 6) is 0.368. The van der Waals surface area contributed by atoms with E-state index < -0.39 is 0 Å². The number of rotatable bonds is 3. The number of nitrogens with zero attached hydrogens (tertiary/aromatic N) is 2. The second-order valence-corrected chi connectivity index (χ2v) is 5.02. The highest BCUT2D eigenvalue weighted by Crippen LogP contribution is 2.37. The molecule has 2 N–H and O–H groups in total. The normalized spacial score (nSPS) is 10.7. The first-order valence-corrected chi connectivity index (χ1v) is 6.82. The van der Waals surface area contributed by atoms with Gasteiger partial charge in [-0.2, -0.15) is 5.10 Å². The molecule has 0 atom stereocenters. The van der Waals surface area contributed by atoms with Crippen molar-refractivity contribution < 1.29 is 9.13 Å². The van der Waals surface area contributed by atoms with Crippen LogP contribution in [0.2, 0.25) is 0 Å². The van der Waals surface area contributed by atoms with Crippen molar-refractivity contribution in [2.75, 3.05) is 12.8 Å². The van der Waals surface area contributed by atoms with E-state index in [4.69, 9.17) is 10.5 Å². The summed E-state index contributed by atoms with van der Waals surface area (Å²) < 4.78 is 20.3. The van der Waals surface area contributed by atoms with E-state index in [9.17, 15) is 4.39 Å². The highest BCUT2D eigenvalue weighted by atomic mass is 19.1. The zero-order valence-corrected chi connectivity index (χ0v) is 12.4. The third-order valence-corrected chi connectivity index (χ3v) is 3.52. The second kappa shape index (κ2) is 5.52. The Morgan fingerprint density at radius 1 is 1.09 bits per heavy atom. The maximum Gasteiger partial charge on any atom is 0.128 e. The molecular formula is C17H16FN3O. The van der Waals surface area contributed by atoms with Crippen LogP contribution in [0.4, 0.5) is 10.1 Å². The number of methoxy groups -OCH3 is 1. The fourth-order valence-electron chi connectivity index (χ4n) is 2.40. The van der Waals surface area contributed by atoms with E-state index in [1.807, 2.05) is 25.4 Å². The van der Waals surface area contributed by atoms with E-state index in [0.717, 1.165) is 22.4 Å². The fourth-order valence-corrected chi connectivity index (χ4v) is 2.40. The van der Waals surface area contributed by atoms with Crippen LogP contribution in [0.5, 0.6) is 5.75 Å². The topological polar surface area (TPSA) is 53.1 Å². The predicted molar refractivity (Wildman–Crippen MR) is 85.0 cm³/mol. The lowest BCUT2D eigenvalue weighted by atomic mass is 9.99. The van der Waals surface area contributed by atoms with Gasteiger partial charge in [-0.15, -0.1) is 0 Å². The summed E-state index contributed by atoms with van der Waals surface area (Å²) in [7, 11) is 3.44. The molecule has 2 aromatic carbocycles. The van der Waals surface area contributed by atoms with Crippen LogP contribution in [-0.4, -0.2) is 16.9 Å². The Hall–Kier alpha value is -2.82. The van der Waals surface area contributed by atoms with Gasteiger partial charge in [-0.05, 0) is 29.8 Å². The van der Waals surface area contributed by atoms with Gasteiger partial charge in [-0.1, -0.05) is 12.1 Å². The molecule has 0 saturated carbocycles. The molecule has 0 aliphatic rings. The van der Waals surface area contributed by atoms with Gasteiger partial charge in [-0.3, -0.25) is 4.68 Å². The van der Waals surface area contributed by atoms with Crippen molar-refractivity contribution in [1.82, 2.24) is 9.78 Å². The van der Waals surface area contributed by atoms with Crippen LogP contribution in [0, 0.1) is 5.82 Å². The van der Waals surface area contributed by atoms with Crippen LogP contribution >= 0.6 is 0 Å². The lowest BCUT2D eigenvalue weighted by Crippen LogP contribution is -1.96. The largest absolute Gasteiger partial charge is 0.496 e. The second-order valence-electron chi connectivity index (χ2n) is 5.02. The van der Waals surface area contributed by atoms with Gasteiger partial charge in [0.15, 0.2) is 0 Å². The Balaban J connectivity index is 2.18. The third-order valence-electron chi connectivity index (χ3n) is 3.52. The average molecular weight is 297 g/mol. The third kappa shape index (κ3) is 2.53. The number of aryl methyl sites for hydroxylation is 1. The van der Waals surface area contributed by atoms with Crippen LogP contribution in [0.3, 0.4) is 0 Å². The molecule has 0 aliphatic carbocycles. The quantitative estimate of drug-likeness (QED) is 0.753. The van der Waals surface area contributed by atoms with E-state index in [-0.39, 0.29) is 5.82 Å². The van der Waals surface area contributed by atoms with Crippen molar-refractivity contribution >= 4 is 5.69 Å². The molecule has 1 aromatic heterocycles. The van der Waals surface area contributed by atoms with E-state index in [1.165, 1.54) is 12.1 Å². The summed E-state index contributed by atoms with van der Waals surface area (Å²) >= 11 is 0. The maximum absolute atomic E-state index is 13.1. The van der Waals surface area contributed by atoms with Crippen molar-refractivity contribution in [3.8, 4) is 28.1 Å². The van der Waals surface area contributed by atoms with Crippen molar-refractivity contribution in [1.29, 1.82) is 0 Å². The summed E-state index contributed by atoms with van der Waals surface area (Å²) in [6, 6.07) is 11.9. The molecule has 4 nitrogen and oxygen atoms in total. The molecule has 3 rings (SSSR count). The minimum absolute atomic E-state index is 0.275. The average Bonchev–Trinajstić information content (AvgIpc) is 2.94. The number of anilines is 1. The van der Waals surface area contributed by atoms with E-state index in [2.05, 4.69) is 5.10 Å². The molecule has 22 heavy (non-hydrogen) atoms. The maximum atomic E-state index is 13.1. The number of hydrogen-bond acceptors (Lipinski definition) is 3. The standard InChI is InChI=1S/C17H16FN3O/c1-21-8-7-16(20-21)14-9-13(17(22-2)10-15(14)19)11-3-5-12(18)6-4-11/h3-10H,19H2,1-2H3. The summed E-state index contributed by atoms with van der Waals surface area (Å²) in [6.45, 7) is 0. The number of nitrogens with two attached hydrogens (primary N) is 1. The van der Waals surface area contributed by atoms with Crippen molar-refractivity contribution in [3.63, 3.8) is 0 Å². The molecule has 112 valence electrons. The molecular weight excluding hydrogens is 281 g/mol. The minimum Gasteiger partial charge on any atom is -0.496 e. The predicted octanol–water partition coefficient (Wildman–Crippen LogP) is 3.48. The first kappa shape index (κ1) is 14.1. The number of aromatic nitrogens is 2. The Bertz CT molecular complexity index is 809. The van der Waals surface area contributed by atoms with Gasteiger partial charge < -0.3 is 10.5 Å². The smallest absolute Gasteiger partial charge is 0.128 e. The van der Waals surface area contributed by atoms with E-state index in [0.29, 0.717) is 11.4 Å². The summed E-state index contributed by atoms with van der Waals surface area (Å²) in [4.78, 5) is 0. The summed E-state index contributed by atoms with van der Waals surface area (Å²) in [5.41, 5.74) is 10.0. The van der Waals surface area contributed by atoms with Gasteiger partial charge in [-0.25, -0.2) is 4.39 Å². The number of benzene rings is 2. The Labute approximate surface area is 128 Å². The molecule has 0 aliphatic heterocycles. The highest BCUT2D eigenvalue weighted by molar-refractivity contribution is 5.84. The Morgan fingerprint density at radius 2 is 1.82 bits per heavy atom. The van der Waals surface area contributed by atoms with Crippen LogP contribution in [0.1, 0.15) is 0 Å². The van der Waals surface area contributed by atoms with Gasteiger partial charge in [0.1, 0.15) is 11.6 Å². The molecule has 0 radical (unpaired) electrons. The summed E-state index contributed by atoms with van der Waals surface area (Å²) in [5, 5.41) is 4.38. The fraction of sp³-hybridized carbons (Fsp3) is 0.118. The van der Waals surface area contributed by atoms with Gasteiger partial charge in [0, 0.05) is 36.1 Å². The zero-order chi connectivity index (χ0) is 15.7. The van der Waals surface area contributed by atoms with Crippen molar-refractivity contribution in [2.24, 2.45) is 7.05 Å². The molecule has 1 heterocycles. The lowest BCUT2D eigenvalue weighted by Gasteiger charge is -2.13. The molecule has 0 spiro atoms. The molecule has 3 aromatic rings. The minimum atomic E-state index is -0.275. The van der Waals surface area contributed by atoms with Crippen LogP contribution in [-0.2, 0) is 7.05 Å². The molecule has 0 unspecified atom stereocenters. The van der Waals surface area contributed by atoms with Crippen molar-refractivity contribution in [2.45, 2.75) is 0 Å². The lowest BCUT2D eigenvalue weighted by molar-refractivity contribution is 0.416. The van der Waals surface area contributed by atoms with E-state index >= 15 is 0 Å². The Kier molecular flexibility index (Phi) is 3.55. The first-order valence-electron chi connectivity index (χ1n) is 6.82. The SMILES string of the molecule is COc1cc(N)c(-c2ccn(C)n2)cc1-c1ccc(F)cc1. The van der Waals surface area contributed by atoms with Gasteiger partial charge in [0.2, 0.25) is 0 Å². The summed E-state index contributed by atoms with van der Waals surface area (Å²) in [6.07, 6.45) is 1.86. The number of halogens is 1. The zero-order valence-electron chi connectivity index (χ0n) is 12.4. The number of ether oxygens (including phenoxy) is 1. The van der Waals surface area contributed by atoms with Crippen LogP contribution in [0.25, 0.3) is 22.4 Å². The number of hydrogen-bond donors (Lipinski definition) is 1. The molecule has 0 bridgehead atoms. The Morgan fingerprint density at radius 3 is 2.41 bits per heavy atom. The highest BCUT2D eigenvalue weighted by Gasteiger charge is 2.13. The van der Waals surface area contributed by atoms with Crippen molar-refractivity contribution in [3.05, 3.63) is 54.5 Å². The first-order chi connectivity index (χ1) is 10.6. The molecule has 0 fully saturated rings. The molecule has 0 saturated heterocycles. The molecule has 5 heteroatoms. The van der Waals surface area contributed by atoms with Gasteiger partial charge >= 0.3 is 0 Å². The van der Waals surface area contributed by atoms with Crippen LogP contribution < -0.4 is 10.5 Å². The van der Waals surface area contributed by atoms with E-state index in [1.54, 1.807) is 30.0 Å². The number of nitrogen functional groups attached to an aromatic ring is 1. The molecule has 0 amide bonds. The van der Waals surface area contributed by atoms with Crippen LogP contribution in [0.15, 0.2) is 48.7 Å². The van der Waals surface area contributed by atoms with Gasteiger partial charge in [0.05, 0.1) is 12.8 Å². The monoisotopic (exact) mass is 297 g/mol.